The molecule has 0 spiro atoms. The van der Waals surface area contributed by atoms with E-state index in [9.17, 15) is 22.8 Å². The second-order valence-electron chi connectivity index (χ2n) is 9.99. The third-order valence-corrected chi connectivity index (χ3v) is 9.25. The summed E-state index contributed by atoms with van der Waals surface area (Å²) in [6, 6.07) is 8.12. The zero-order valence-electron chi connectivity index (χ0n) is 23.3. The lowest BCUT2D eigenvalue weighted by Gasteiger charge is -2.45. The van der Waals surface area contributed by atoms with Crippen LogP contribution in [0.5, 0.6) is 0 Å². The molecule has 0 saturated carbocycles. The Balaban J connectivity index is 1.50. The van der Waals surface area contributed by atoms with Crippen LogP contribution in [-0.4, -0.2) is 94.5 Å². The Kier molecular flexibility index (Phi) is 8.71. The summed E-state index contributed by atoms with van der Waals surface area (Å²) in [6.07, 6.45) is 5.55. The van der Waals surface area contributed by atoms with E-state index in [1.54, 1.807) is 42.7 Å². The van der Waals surface area contributed by atoms with Crippen molar-refractivity contribution in [3.63, 3.8) is 0 Å². The molecule has 1 aliphatic heterocycles. The van der Waals surface area contributed by atoms with Crippen molar-refractivity contribution < 1.29 is 22.8 Å². The van der Waals surface area contributed by atoms with Crippen LogP contribution in [0.25, 0.3) is 22.3 Å². The van der Waals surface area contributed by atoms with Crippen molar-refractivity contribution in [1.82, 2.24) is 39.8 Å². The standard InChI is InChI=1S/C28H29ClN8O5S/c1-30-24(38)11-21-15-36(43(41,42)26-10-18-9-20(29)3-4-23(18)35-26)16-22(12-25(39)31-2)37(21)28(40)19-13-33-27(34-14-19)17-5-7-32-8-6-17/h3-10,13-14,21-22,35H,11-12,15-16H2,1-2H3,(H,30,38)(H,31,39). The van der Waals surface area contributed by atoms with E-state index in [4.69, 9.17) is 11.6 Å². The maximum absolute atomic E-state index is 14.0. The summed E-state index contributed by atoms with van der Waals surface area (Å²) in [4.78, 5) is 56.1. The van der Waals surface area contributed by atoms with Gasteiger partial charge in [0.2, 0.25) is 11.8 Å². The minimum Gasteiger partial charge on any atom is -0.359 e. The van der Waals surface area contributed by atoms with Gasteiger partial charge < -0.3 is 20.5 Å². The Labute approximate surface area is 252 Å². The molecule has 3 N–H and O–H groups in total. The molecule has 3 amide bonds. The number of halogens is 1. The lowest BCUT2D eigenvalue weighted by atomic mass is 10.00. The van der Waals surface area contributed by atoms with Crippen molar-refractivity contribution in [3.05, 3.63) is 71.8 Å². The highest BCUT2D eigenvalue weighted by atomic mass is 35.5. The number of fused-ring (bicyclic) bond motifs is 1. The van der Waals surface area contributed by atoms with Crippen LogP contribution in [0, 0.1) is 0 Å². The fraction of sp³-hybridized carbons (Fsp3) is 0.286. The number of pyridine rings is 1. The van der Waals surface area contributed by atoms with E-state index >= 15 is 0 Å². The van der Waals surface area contributed by atoms with Gasteiger partial charge in [0.25, 0.3) is 15.9 Å². The van der Waals surface area contributed by atoms with Gasteiger partial charge in [-0.2, -0.15) is 4.31 Å². The number of sulfonamides is 1. The molecular formula is C28H29ClN8O5S. The minimum absolute atomic E-state index is 0.0676. The molecule has 1 fully saturated rings. The Morgan fingerprint density at radius 1 is 0.953 bits per heavy atom. The number of nitrogens with one attached hydrogen (secondary N) is 3. The van der Waals surface area contributed by atoms with Crippen LogP contribution >= 0.6 is 11.6 Å². The topological polar surface area (TPSA) is 170 Å². The predicted molar refractivity (Wildman–Crippen MR) is 158 cm³/mol. The SMILES string of the molecule is CNC(=O)CC1CN(S(=O)(=O)c2cc3cc(Cl)ccc3[nH]2)CC(CC(=O)NC)N1C(=O)c1cnc(-c2ccncc2)nc1. The number of rotatable bonds is 8. The van der Waals surface area contributed by atoms with E-state index in [1.165, 1.54) is 41.8 Å². The number of hydrogen-bond donors (Lipinski definition) is 3. The Morgan fingerprint density at radius 3 is 2.14 bits per heavy atom. The van der Waals surface area contributed by atoms with E-state index in [0.29, 0.717) is 27.3 Å². The summed E-state index contributed by atoms with van der Waals surface area (Å²) in [5.41, 5.74) is 1.42. The largest absolute Gasteiger partial charge is 0.359 e. The molecule has 15 heteroatoms. The molecule has 1 aliphatic rings. The van der Waals surface area contributed by atoms with Gasteiger partial charge in [0.1, 0.15) is 5.03 Å². The molecule has 0 bridgehead atoms. The average molecular weight is 625 g/mol. The van der Waals surface area contributed by atoms with Crippen molar-refractivity contribution >= 4 is 50.2 Å². The van der Waals surface area contributed by atoms with Crippen LogP contribution < -0.4 is 10.6 Å². The van der Waals surface area contributed by atoms with Gasteiger partial charge >= 0.3 is 0 Å². The minimum atomic E-state index is -4.13. The van der Waals surface area contributed by atoms with Crippen molar-refractivity contribution in [2.75, 3.05) is 27.2 Å². The summed E-state index contributed by atoms with van der Waals surface area (Å²) in [5.74, 6) is -0.935. The molecule has 4 aromatic rings. The molecule has 4 heterocycles. The van der Waals surface area contributed by atoms with Gasteiger partial charge in [0, 0.05) is 86.3 Å². The number of carbonyl (C=O) groups excluding carboxylic acids is 3. The highest BCUT2D eigenvalue weighted by molar-refractivity contribution is 7.89. The highest BCUT2D eigenvalue weighted by Crippen LogP contribution is 2.30. The van der Waals surface area contributed by atoms with E-state index in [-0.39, 0.29) is 36.5 Å². The molecule has 1 saturated heterocycles. The predicted octanol–water partition coefficient (Wildman–Crippen LogP) is 1.83. The number of hydrogen-bond acceptors (Lipinski definition) is 8. The first-order chi connectivity index (χ1) is 20.6. The van der Waals surface area contributed by atoms with Crippen LogP contribution in [0.15, 0.2) is 66.2 Å². The van der Waals surface area contributed by atoms with E-state index < -0.39 is 39.8 Å². The summed E-state index contributed by atoms with van der Waals surface area (Å²) in [6.45, 7) is -0.365. The molecule has 13 nitrogen and oxygen atoms in total. The Hall–Kier alpha value is -4.40. The molecule has 43 heavy (non-hydrogen) atoms. The fourth-order valence-corrected chi connectivity index (χ4v) is 6.81. The van der Waals surface area contributed by atoms with Crippen molar-refractivity contribution in [2.24, 2.45) is 0 Å². The van der Waals surface area contributed by atoms with Gasteiger partial charge in [-0.3, -0.25) is 19.4 Å². The lowest BCUT2D eigenvalue weighted by Crippen LogP contribution is -2.63. The van der Waals surface area contributed by atoms with E-state index in [2.05, 4.69) is 30.6 Å². The monoisotopic (exact) mass is 624 g/mol. The first-order valence-electron chi connectivity index (χ1n) is 13.4. The smallest absolute Gasteiger partial charge is 0.258 e. The quantitative estimate of drug-likeness (QED) is 0.267. The summed E-state index contributed by atoms with van der Waals surface area (Å²) < 4.78 is 29.0. The van der Waals surface area contributed by atoms with Gasteiger partial charge in [-0.15, -0.1) is 0 Å². The van der Waals surface area contributed by atoms with Crippen LogP contribution in [0.1, 0.15) is 23.2 Å². The first kappa shape index (κ1) is 30.1. The van der Waals surface area contributed by atoms with Gasteiger partial charge in [-0.25, -0.2) is 18.4 Å². The van der Waals surface area contributed by atoms with Crippen LogP contribution in [0.2, 0.25) is 5.02 Å². The summed E-state index contributed by atoms with van der Waals surface area (Å²) in [7, 11) is -1.23. The summed E-state index contributed by atoms with van der Waals surface area (Å²) >= 11 is 6.09. The molecule has 2 atom stereocenters. The van der Waals surface area contributed by atoms with Crippen LogP contribution in [0.4, 0.5) is 0 Å². The zero-order valence-corrected chi connectivity index (χ0v) is 24.9. The normalized spacial score (nSPS) is 17.5. The van der Waals surface area contributed by atoms with Crippen LogP contribution in [-0.2, 0) is 19.6 Å². The van der Waals surface area contributed by atoms with Crippen molar-refractivity contribution in [3.8, 4) is 11.4 Å². The Bertz CT molecular complexity index is 1740. The molecule has 5 rings (SSSR count). The third kappa shape index (κ3) is 6.35. The molecule has 0 aliphatic carbocycles. The van der Waals surface area contributed by atoms with Crippen molar-refractivity contribution in [1.29, 1.82) is 0 Å². The molecule has 0 radical (unpaired) electrons. The van der Waals surface area contributed by atoms with Crippen LogP contribution in [0.3, 0.4) is 0 Å². The number of aromatic nitrogens is 4. The van der Waals surface area contributed by atoms with Gasteiger partial charge in [0.15, 0.2) is 5.82 Å². The maximum Gasteiger partial charge on any atom is 0.258 e. The molecule has 3 aromatic heterocycles. The van der Waals surface area contributed by atoms with E-state index in [0.717, 1.165) is 0 Å². The first-order valence-corrected chi connectivity index (χ1v) is 15.2. The fourth-order valence-electron chi connectivity index (χ4n) is 5.10. The number of H-pyrrole nitrogens is 1. The third-order valence-electron chi connectivity index (χ3n) is 7.26. The highest BCUT2D eigenvalue weighted by Gasteiger charge is 2.44. The molecule has 1 aromatic carbocycles. The molecular weight excluding hydrogens is 596 g/mol. The maximum atomic E-state index is 14.0. The van der Waals surface area contributed by atoms with Gasteiger partial charge in [0.05, 0.1) is 17.6 Å². The number of benzene rings is 1. The van der Waals surface area contributed by atoms with Gasteiger partial charge in [-0.05, 0) is 36.4 Å². The number of piperazine rings is 1. The van der Waals surface area contributed by atoms with E-state index in [1.807, 2.05) is 0 Å². The molecule has 224 valence electrons. The summed E-state index contributed by atoms with van der Waals surface area (Å²) in [5, 5.41) is 6.08. The second kappa shape index (κ2) is 12.5. The zero-order chi connectivity index (χ0) is 30.7. The Morgan fingerprint density at radius 2 is 1.56 bits per heavy atom. The second-order valence-corrected chi connectivity index (χ2v) is 12.3. The lowest BCUT2D eigenvalue weighted by molar-refractivity contribution is -0.123. The molecule has 2 unspecified atom stereocenters. The van der Waals surface area contributed by atoms with Gasteiger partial charge in [-0.1, -0.05) is 11.6 Å². The number of carbonyl (C=O) groups is 3. The number of nitrogens with zero attached hydrogens (tertiary/aromatic N) is 5. The van der Waals surface area contributed by atoms with Crippen molar-refractivity contribution in [2.45, 2.75) is 30.0 Å². The number of amides is 3. The number of aromatic amines is 1. The average Bonchev–Trinajstić information content (AvgIpc) is 3.45.